The molecule has 0 aromatic carbocycles. The van der Waals surface area contributed by atoms with Crippen molar-refractivity contribution in [3.8, 4) is 0 Å². The summed E-state index contributed by atoms with van der Waals surface area (Å²) in [7, 11) is 0. The van der Waals surface area contributed by atoms with E-state index in [9.17, 15) is 9.59 Å². The maximum absolute atomic E-state index is 11.6. The van der Waals surface area contributed by atoms with Crippen LogP contribution in [0, 0.1) is 0 Å². The zero-order valence-electron chi connectivity index (χ0n) is 12.1. The lowest BCUT2D eigenvalue weighted by Gasteiger charge is -2.18. The highest BCUT2D eigenvalue weighted by atomic mass is 16.5. The smallest absolute Gasteiger partial charge is 0.407 e. The van der Waals surface area contributed by atoms with Crippen LogP contribution in [0.25, 0.3) is 0 Å². The first-order valence-electron chi connectivity index (χ1n) is 6.28. The average molecular weight is 267 g/mol. The van der Waals surface area contributed by atoms with Crippen molar-refractivity contribution in [3.05, 3.63) is 23.5 Å². The predicted molar refractivity (Wildman–Crippen MR) is 71.6 cm³/mol. The van der Waals surface area contributed by atoms with Gasteiger partial charge < -0.3 is 14.8 Å². The van der Waals surface area contributed by atoms with Crippen molar-refractivity contribution in [3.63, 3.8) is 0 Å². The van der Waals surface area contributed by atoms with Gasteiger partial charge >= 0.3 is 6.09 Å². The number of hydrogen-bond acceptors (Lipinski definition) is 4. The van der Waals surface area contributed by atoms with Gasteiger partial charge in [0.1, 0.15) is 12.4 Å². The Bertz CT molecular complexity index is 433. The van der Waals surface area contributed by atoms with Gasteiger partial charge in [-0.25, -0.2) is 4.79 Å². The molecule has 106 valence electrons. The Morgan fingerprint density at radius 1 is 1.53 bits per heavy atom. The summed E-state index contributed by atoms with van der Waals surface area (Å²) < 4.78 is 10.5. The Morgan fingerprint density at radius 2 is 2.16 bits per heavy atom. The molecular weight excluding hydrogens is 246 g/mol. The molecule has 0 aliphatic carbocycles. The number of carbonyl (C=O) groups is 2. The Morgan fingerprint density at radius 3 is 2.63 bits per heavy atom. The molecule has 19 heavy (non-hydrogen) atoms. The van der Waals surface area contributed by atoms with E-state index in [2.05, 4.69) is 5.32 Å². The second kappa shape index (κ2) is 5.91. The fourth-order valence-electron chi connectivity index (χ4n) is 1.46. The highest BCUT2D eigenvalue weighted by molar-refractivity contribution is 5.99. The van der Waals surface area contributed by atoms with E-state index in [-0.39, 0.29) is 18.4 Å². The summed E-state index contributed by atoms with van der Waals surface area (Å²) in [5, 5.41) is 2.62. The lowest BCUT2D eigenvalue weighted by Crippen LogP contribution is -2.30. The first-order chi connectivity index (χ1) is 8.72. The standard InChI is InChI=1S/C14H21NO4/c1-9(2)15-13(17)18-7-6-10(3)11-8-12(16)14(4,5)19-11/h6,8-9H,7H2,1-5H3,(H,15,17)/b10-6+. The second-order valence-electron chi connectivity index (χ2n) is 5.27. The molecule has 1 aliphatic heterocycles. The first kappa shape index (κ1) is 15.3. The number of carbonyl (C=O) groups excluding carboxylic acids is 2. The third-order valence-corrected chi connectivity index (χ3v) is 2.62. The van der Waals surface area contributed by atoms with Crippen molar-refractivity contribution in [2.45, 2.75) is 46.3 Å². The molecule has 0 unspecified atom stereocenters. The molecule has 5 heteroatoms. The van der Waals surface area contributed by atoms with Gasteiger partial charge in [0.05, 0.1) is 0 Å². The second-order valence-corrected chi connectivity index (χ2v) is 5.27. The fourth-order valence-corrected chi connectivity index (χ4v) is 1.46. The van der Waals surface area contributed by atoms with E-state index in [1.54, 1.807) is 19.9 Å². The van der Waals surface area contributed by atoms with Gasteiger partial charge in [0.25, 0.3) is 0 Å². The molecule has 1 N–H and O–H groups in total. The minimum Gasteiger partial charge on any atom is -0.479 e. The Kier molecular flexibility index (Phi) is 4.75. The van der Waals surface area contributed by atoms with Crippen molar-refractivity contribution in [2.24, 2.45) is 0 Å². The molecular formula is C14H21NO4. The molecule has 0 bridgehead atoms. The van der Waals surface area contributed by atoms with E-state index in [4.69, 9.17) is 9.47 Å². The van der Waals surface area contributed by atoms with Crippen molar-refractivity contribution >= 4 is 11.9 Å². The molecule has 1 amide bonds. The molecule has 0 saturated carbocycles. The Balaban J connectivity index is 2.49. The van der Waals surface area contributed by atoms with Crippen LogP contribution in [-0.4, -0.2) is 30.1 Å². The number of hydrogen-bond donors (Lipinski definition) is 1. The van der Waals surface area contributed by atoms with E-state index in [0.717, 1.165) is 5.57 Å². The van der Waals surface area contributed by atoms with Crippen molar-refractivity contribution < 1.29 is 19.1 Å². The van der Waals surface area contributed by atoms with Crippen LogP contribution in [-0.2, 0) is 14.3 Å². The Labute approximate surface area is 113 Å². The molecule has 1 heterocycles. The minimum absolute atomic E-state index is 0.0388. The van der Waals surface area contributed by atoms with Crippen molar-refractivity contribution in [2.75, 3.05) is 6.61 Å². The van der Waals surface area contributed by atoms with E-state index >= 15 is 0 Å². The number of alkyl carbamates (subject to hydrolysis) is 1. The van der Waals surface area contributed by atoms with Crippen LogP contribution in [0.3, 0.4) is 0 Å². The lowest BCUT2D eigenvalue weighted by atomic mass is 10.1. The molecule has 0 aromatic rings. The zero-order chi connectivity index (χ0) is 14.6. The maximum atomic E-state index is 11.6. The SMILES string of the molecule is C/C(=C\COC(=O)NC(C)C)C1=CC(=O)C(C)(C)O1. The zero-order valence-corrected chi connectivity index (χ0v) is 12.1. The van der Waals surface area contributed by atoms with Crippen LogP contribution in [0.2, 0.25) is 0 Å². The normalized spacial score (nSPS) is 18.1. The van der Waals surface area contributed by atoms with Crippen LogP contribution < -0.4 is 5.32 Å². The van der Waals surface area contributed by atoms with Crippen LogP contribution in [0.4, 0.5) is 4.79 Å². The van der Waals surface area contributed by atoms with Gasteiger partial charge in [0.2, 0.25) is 5.78 Å². The highest BCUT2D eigenvalue weighted by Crippen LogP contribution is 2.28. The van der Waals surface area contributed by atoms with Crippen LogP contribution in [0.15, 0.2) is 23.5 Å². The highest BCUT2D eigenvalue weighted by Gasteiger charge is 2.35. The van der Waals surface area contributed by atoms with Gasteiger partial charge in [-0.3, -0.25) is 4.79 Å². The summed E-state index contributed by atoms with van der Waals surface area (Å²) in [6.07, 6.45) is 2.72. The molecule has 1 aliphatic rings. The summed E-state index contributed by atoms with van der Waals surface area (Å²) in [4.78, 5) is 22.8. The summed E-state index contributed by atoms with van der Waals surface area (Å²) in [6.45, 7) is 9.10. The molecule has 0 atom stereocenters. The topological polar surface area (TPSA) is 64.6 Å². The number of amides is 1. The summed E-state index contributed by atoms with van der Waals surface area (Å²) in [5.74, 6) is 0.469. The maximum Gasteiger partial charge on any atom is 0.407 e. The van der Waals surface area contributed by atoms with E-state index in [1.165, 1.54) is 6.08 Å². The van der Waals surface area contributed by atoms with Gasteiger partial charge in [-0.2, -0.15) is 0 Å². The summed E-state index contributed by atoms with van der Waals surface area (Å²) in [6, 6.07) is 0.0388. The number of ether oxygens (including phenoxy) is 2. The molecule has 0 saturated heterocycles. The molecule has 0 fully saturated rings. The third-order valence-electron chi connectivity index (χ3n) is 2.62. The van der Waals surface area contributed by atoms with Gasteiger partial charge in [0.15, 0.2) is 5.60 Å². The van der Waals surface area contributed by atoms with Gasteiger partial charge in [-0.05, 0) is 46.3 Å². The number of rotatable bonds is 4. The average Bonchev–Trinajstić information content (AvgIpc) is 2.52. The monoisotopic (exact) mass is 267 g/mol. The summed E-state index contributed by atoms with van der Waals surface area (Å²) >= 11 is 0. The third kappa shape index (κ3) is 4.43. The van der Waals surface area contributed by atoms with Crippen LogP contribution in [0.5, 0.6) is 0 Å². The number of nitrogens with one attached hydrogen (secondary N) is 1. The van der Waals surface area contributed by atoms with Gasteiger partial charge in [-0.15, -0.1) is 0 Å². The minimum atomic E-state index is -0.805. The van der Waals surface area contributed by atoms with E-state index in [0.29, 0.717) is 5.76 Å². The lowest BCUT2D eigenvalue weighted by molar-refractivity contribution is -0.126. The predicted octanol–water partition coefficient (Wildman–Crippen LogP) is 2.33. The molecule has 5 nitrogen and oxygen atoms in total. The van der Waals surface area contributed by atoms with Crippen LogP contribution >= 0.6 is 0 Å². The van der Waals surface area contributed by atoms with Crippen molar-refractivity contribution in [1.82, 2.24) is 5.32 Å². The number of allylic oxidation sites excluding steroid dienone is 1. The molecule has 1 rings (SSSR count). The quantitative estimate of drug-likeness (QED) is 0.849. The largest absolute Gasteiger partial charge is 0.479 e. The van der Waals surface area contributed by atoms with Crippen LogP contribution in [0.1, 0.15) is 34.6 Å². The first-order valence-corrected chi connectivity index (χ1v) is 6.28. The summed E-state index contributed by atoms with van der Waals surface area (Å²) in [5.41, 5.74) is -0.0309. The number of ketones is 1. The molecule has 0 spiro atoms. The van der Waals surface area contributed by atoms with Crippen molar-refractivity contribution in [1.29, 1.82) is 0 Å². The van der Waals surface area contributed by atoms with Gasteiger partial charge in [-0.1, -0.05) is 0 Å². The fraction of sp³-hybridized carbons (Fsp3) is 0.571. The van der Waals surface area contributed by atoms with E-state index in [1.807, 2.05) is 20.8 Å². The molecule has 0 aromatic heterocycles. The van der Waals surface area contributed by atoms with E-state index < -0.39 is 11.7 Å². The molecule has 0 radical (unpaired) electrons. The van der Waals surface area contributed by atoms with Gasteiger partial charge in [0, 0.05) is 12.1 Å². The Hall–Kier alpha value is -1.78.